The maximum atomic E-state index is 2.48. The van der Waals surface area contributed by atoms with Crippen molar-refractivity contribution >= 4 is 38.6 Å². The average molecular weight is 802 g/mol. The summed E-state index contributed by atoms with van der Waals surface area (Å²) in [5.74, 6) is 0. The van der Waals surface area contributed by atoms with Gasteiger partial charge in [0.25, 0.3) is 0 Å². The van der Waals surface area contributed by atoms with Crippen molar-refractivity contribution in [3.05, 3.63) is 210 Å². The molecule has 304 valence electrons. The summed E-state index contributed by atoms with van der Waals surface area (Å²) in [6.07, 6.45) is 0. The SMILES string of the molecule is CC(C)(C)c1cc(-c2cccc3cccc(-c4ccccc4N(c4ccc(-c5ccc6c(c5)C(C)(C)c5ccccc5-6)cc4)c4cccc5ccccc45)c23)cc(C(C)(C)C)c1. The molecule has 0 saturated heterocycles. The summed E-state index contributed by atoms with van der Waals surface area (Å²) in [6.45, 7) is 18.6. The summed E-state index contributed by atoms with van der Waals surface area (Å²) in [4.78, 5) is 2.48. The summed E-state index contributed by atoms with van der Waals surface area (Å²) < 4.78 is 0. The Labute approximate surface area is 368 Å². The fraction of sp³-hybridized carbons (Fsp3) is 0.180. The van der Waals surface area contributed by atoms with E-state index in [0.717, 1.165) is 17.1 Å². The van der Waals surface area contributed by atoms with Crippen LogP contribution < -0.4 is 4.90 Å². The fourth-order valence-corrected chi connectivity index (χ4v) is 9.85. The van der Waals surface area contributed by atoms with E-state index < -0.39 is 0 Å². The smallest absolute Gasteiger partial charge is 0.0540 e. The van der Waals surface area contributed by atoms with Crippen LogP contribution in [0.4, 0.5) is 17.1 Å². The molecule has 62 heavy (non-hydrogen) atoms. The first kappa shape index (κ1) is 39.4. The molecule has 0 heterocycles. The van der Waals surface area contributed by atoms with Crippen molar-refractivity contribution in [3.63, 3.8) is 0 Å². The Balaban J connectivity index is 1.15. The van der Waals surface area contributed by atoms with Gasteiger partial charge in [-0.25, -0.2) is 0 Å². The molecule has 0 aromatic heterocycles. The zero-order chi connectivity index (χ0) is 43.0. The van der Waals surface area contributed by atoms with Crippen LogP contribution in [0.15, 0.2) is 188 Å². The van der Waals surface area contributed by atoms with Crippen molar-refractivity contribution in [3.8, 4) is 44.5 Å². The van der Waals surface area contributed by atoms with Gasteiger partial charge in [-0.15, -0.1) is 0 Å². The second-order valence-electron chi connectivity index (χ2n) is 19.8. The number of hydrogen-bond donors (Lipinski definition) is 0. The summed E-state index contributed by atoms with van der Waals surface area (Å²) >= 11 is 0. The molecule has 0 radical (unpaired) electrons. The number of anilines is 3. The second-order valence-corrected chi connectivity index (χ2v) is 19.8. The summed E-state index contributed by atoms with van der Waals surface area (Å²) in [6, 6.07) is 70.4. The summed E-state index contributed by atoms with van der Waals surface area (Å²) in [5, 5.41) is 4.92. The van der Waals surface area contributed by atoms with Crippen molar-refractivity contribution < 1.29 is 0 Å². The van der Waals surface area contributed by atoms with E-state index in [1.807, 2.05) is 0 Å². The van der Waals surface area contributed by atoms with Crippen LogP contribution in [-0.2, 0) is 16.2 Å². The third-order valence-corrected chi connectivity index (χ3v) is 13.4. The molecule has 1 heteroatoms. The first-order valence-electron chi connectivity index (χ1n) is 22.2. The molecule has 0 fully saturated rings. The normalized spacial score (nSPS) is 13.3. The Morgan fingerprint density at radius 2 is 0.903 bits per heavy atom. The van der Waals surface area contributed by atoms with Crippen molar-refractivity contribution in [2.45, 2.75) is 71.6 Å². The second kappa shape index (κ2) is 14.7. The number of fused-ring (bicyclic) bond motifs is 5. The molecule has 1 nitrogen and oxygen atoms in total. The largest absolute Gasteiger partial charge is 0.309 e. The van der Waals surface area contributed by atoms with Gasteiger partial charge in [0.1, 0.15) is 0 Å². The topological polar surface area (TPSA) is 3.24 Å². The van der Waals surface area contributed by atoms with Crippen LogP contribution >= 0.6 is 0 Å². The van der Waals surface area contributed by atoms with Gasteiger partial charge in [-0.05, 0) is 119 Å². The van der Waals surface area contributed by atoms with E-state index in [4.69, 9.17) is 0 Å². The Bertz CT molecular complexity index is 3120. The predicted octanol–water partition coefficient (Wildman–Crippen LogP) is 17.4. The lowest BCUT2D eigenvalue weighted by molar-refractivity contribution is 0.569. The zero-order valence-electron chi connectivity index (χ0n) is 37.3. The van der Waals surface area contributed by atoms with Gasteiger partial charge >= 0.3 is 0 Å². The Hall–Kier alpha value is -6.70. The van der Waals surface area contributed by atoms with Crippen molar-refractivity contribution in [1.29, 1.82) is 0 Å². The standard InChI is InChI=1S/C61H55N/c1-59(2,3)45-36-44(37-46(39-45)60(4,5)6)49-25-15-20-42-21-16-26-53(58(42)49)52-24-12-14-28-57(52)62(56-29-17-19-41-18-9-10-22-48(41)56)47-33-30-40(31-34-47)43-32-35-51-50-23-11-13-27-54(50)61(7,8)55(51)38-43/h9-39H,1-8H3. The van der Waals surface area contributed by atoms with Crippen LogP contribution in [0.2, 0.25) is 0 Å². The number of para-hydroxylation sites is 1. The van der Waals surface area contributed by atoms with E-state index >= 15 is 0 Å². The highest BCUT2D eigenvalue weighted by atomic mass is 15.1. The molecular formula is C61H55N. The quantitative estimate of drug-likeness (QED) is 0.162. The monoisotopic (exact) mass is 801 g/mol. The van der Waals surface area contributed by atoms with Gasteiger partial charge in [0, 0.05) is 22.1 Å². The Morgan fingerprint density at radius 1 is 0.371 bits per heavy atom. The minimum absolute atomic E-state index is 0.00746. The van der Waals surface area contributed by atoms with Crippen LogP contribution in [0.3, 0.4) is 0 Å². The maximum Gasteiger partial charge on any atom is 0.0540 e. The first-order chi connectivity index (χ1) is 29.8. The Morgan fingerprint density at radius 3 is 1.63 bits per heavy atom. The van der Waals surface area contributed by atoms with Crippen molar-refractivity contribution in [2.75, 3.05) is 4.90 Å². The molecule has 0 N–H and O–H groups in total. The van der Waals surface area contributed by atoms with Gasteiger partial charge in [0.05, 0.1) is 11.4 Å². The van der Waals surface area contributed by atoms with Crippen molar-refractivity contribution in [2.24, 2.45) is 0 Å². The zero-order valence-corrected chi connectivity index (χ0v) is 37.3. The van der Waals surface area contributed by atoms with E-state index in [1.165, 1.54) is 88.3 Å². The molecule has 9 aromatic rings. The lowest BCUT2D eigenvalue weighted by atomic mass is 9.78. The van der Waals surface area contributed by atoms with Crippen LogP contribution in [0.5, 0.6) is 0 Å². The van der Waals surface area contributed by atoms with E-state index in [9.17, 15) is 0 Å². The van der Waals surface area contributed by atoms with Gasteiger partial charge < -0.3 is 4.90 Å². The highest BCUT2D eigenvalue weighted by Gasteiger charge is 2.35. The van der Waals surface area contributed by atoms with E-state index in [0.29, 0.717) is 0 Å². The minimum Gasteiger partial charge on any atom is -0.309 e. The first-order valence-corrected chi connectivity index (χ1v) is 22.2. The molecule has 0 aliphatic heterocycles. The van der Waals surface area contributed by atoms with Gasteiger partial charge in [-0.3, -0.25) is 0 Å². The van der Waals surface area contributed by atoms with Gasteiger partial charge in [0.2, 0.25) is 0 Å². The van der Waals surface area contributed by atoms with Crippen molar-refractivity contribution in [1.82, 2.24) is 0 Å². The molecule has 1 aliphatic rings. The molecule has 10 rings (SSSR count). The van der Waals surface area contributed by atoms with E-state index in [1.54, 1.807) is 0 Å². The molecule has 1 aliphatic carbocycles. The third kappa shape index (κ3) is 6.72. The van der Waals surface area contributed by atoms with E-state index in [-0.39, 0.29) is 16.2 Å². The fourth-order valence-electron chi connectivity index (χ4n) is 9.85. The lowest BCUT2D eigenvalue weighted by Gasteiger charge is -2.30. The maximum absolute atomic E-state index is 2.48. The van der Waals surface area contributed by atoms with Crippen LogP contribution in [0, 0.1) is 0 Å². The molecule has 0 unspecified atom stereocenters. The minimum atomic E-state index is -0.0531. The van der Waals surface area contributed by atoms with Crippen LogP contribution in [-0.4, -0.2) is 0 Å². The predicted molar refractivity (Wildman–Crippen MR) is 267 cm³/mol. The lowest BCUT2D eigenvalue weighted by Crippen LogP contribution is -2.16. The van der Waals surface area contributed by atoms with Gasteiger partial charge in [-0.1, -0.05) is 213 Å². The van der Waals surface area contributed by atoms with Gasteiger partial charge in [-0.2, -0.15) is 0 Å². The molecule has 0 atom stereocenters. The molecule has 0 bridgehead atoms. The number of rotatable bonds is 6. The molecule has 0 amide bonds. The van der Waals surface area contributed by atoms with E-state index in [2.05, 4.69) is 248 Å². The summed E-state index contributed by atoms with van der Waals surface area (Å²) in [7, 11) is 0. The third-order valence-electron chi connectivity index (χ3n) is 13.4. The molecular weight excluding hydrogens is 747 g/mol. The molecule has 0 saturated carbocycles. The molecule has 0 spiro atoms. The molecule has 9 aromatic carbocycles. The van der Waals surface area contributed by atoms with Crippen LogP contribution in [0.25, 0.3) is 66.1 Å². The summed E-state index contributed by atoms with van der Waals surface area (Å²) in [5.41, 5.74) is 18.9. The highest BCUT2D eigenvalue weighted by molar-refractivity contribution is 6.10. The number of nitrogens with zero attached hydrogens (tertiary/aromatic N) is 1. The average Bonchev–Trinajstić information content (AvgIpc) is 3.51. The van der Waals surface area contributed by atoms with Gasteiger partial charge in [0.15, 0.2) is 0 Å². The number of benzene rings is 9. The highest BCUT2D eigenvalue weighted by Crippen LogP contribution is 2.51. The van der Waals surface area contributed by atoms with Crippen LogP contribution in [0.1, 0.15) is 77.6 Å². The number of hydrogen-bond acceptors (Lipinski definition) is 1. The Kier molecular flexibility index (Phi) is 9.38.